The van der Waals surface area contributed by atoms with E-state index in [2.05, 4.69) is 15.2 Å². The molecule has 3 nitrogen and oxygen atoms in total. The van der Waals surface area contributed by atoms with Crippen LogP contribution in [0.5, 0.6) is 0 Å². The Hall–Kier alpha value is -0.850. The first-order valence-corrected chi connectivity index (χ1v) is 8.46. The molecule has 128 valence electrons. The van der Waals surface area contributed by atoms with Gasteiger partial charge in [-0.05, 0) is 48.8 Å². The van der Waals surface area contributed by atoms with Gasteiger partial charge in [-0.1, -0.05) is 25.0 Å². The number of aliphatic imine (C=N–C) groups is 1. The molecule has 23 heavy (non-hydrogen) atoms. The fraction of sp³-hybridized carbons (Fsp3) is 0.611. The van der Waals surface area contributed by atoms with Gasteiger partial charge in [0.05, 0.1) is 0 Å². The van der Waals surface area contributed by atoms with Crippen LogP contribution < -0.4 is 5.32 Å². The van der Waals surface area contributed by atoms with Gasteiger partial charge >= 0.3 is 0 Å². The molecule has 1 aliphatic carbocycles. The highest BCUT2D eigenvalue weighted by Crippen LogP contribution is 2.35. The molecule has 2 fully saturated rings. The van der Waals surface area contributed by atoms with E-state index in [4.69, 9.17) is 0 Å². The minimum Gasteiger partial charge on any atom is -0.356 e. The lowest BCUT2D eigenvalue weighted by molar-refractivity contribution is 0.299. The van der Waals surface area contributed by atoms with Crippen LogP contribution in [0.15, 0.2) is 29.3 Å². The van der Waals surface area contributed by atoms with E-state index in [-0.39, 0.29) is 29.8 Å². The fourth-order valence-electron chi connectivity index (χ4n) is 3.92. The molecule has 1 heterocycles. The summed E-state index contributed by atoms with van der Waals surface area (Å²) in [7, 11) is 1.85. The summed E-state index contributed by atoms with van der Waals surface area (Å²) in [5.41, 5.74) is 1.03. The van der Waals surface area contributed by atoms with Crippen LogP contribution in [-0.2, 0) is 6.42 Å². The number of benzene rings is 1. The van der Waals surface area contributed by atoms with Crippen molar-refractivity contribution in [2.75, 3.05) is 26.7 Å². The number of fused-ring (bicyclic) bond motifs is 1. The molecular formula is C18H27FIN3. The molecule has 1 aliphatic heterocycles. The SMILES string of the molecule is CN=C(NCCc1cccc(F)c1)N1CC2CCCCC2C1.I. The molecule has 0 amide bonds. The van der Waals surface area contributed by atoms with Gasteiger partial charge in [-0.25, -0.2) is 4.39 Å². The largest absolute Gasteiger partial charge is 0.356 e. The molecule has 3 rings (SSSR count). The minimum absolute atomic E-state index is 0. The van der Waals surface area contributed by atoms with Gasteiger partial charge in [0.15, 0.2) is 5.96 Å². The predicted molar refractivity (Wildman–Crippen MR) is 104 cm³/mol. The van der Waals surface area contributed by atoms with Gasteiger partial charge in [0.1, 0.15) is 5.82 Å². The lowest BCUT2D eigenvalue weighted by Gasteiger charge is -2.22. The third-order valence-electron chi connectivity index (χ3n) is 5.07. The van der Waals surface area contributed by atoms with E-state index in [9.17, 15) is 4.39 Å². The molecule has 1 aromatic rings. The van der Waals surface area contributed by atoms with E-state index in [0.717, 1.165) is 49.4 Å². The van der Waals surface area contributed by atoms with Gasteiger partial charge in [-0.2, -0.15) is 0 Å². The monoisotopic (exact) mass is 431 g/mol. The molecule has 0 radical (unpaired) electrons. The van der Waals surface area contributed by atoms with Gasteiger partial charge in [0.25, 0.3) is 0 Å². The molecule has 5 heteroatoms. The fourth-order valence-corrected chi connectivity index (χ4v) is 3.92. The molecule has 0 bridgehead atoms. The highest BCUT2D eigenvalue weighted by Gasteiger charge is 2.35. The van der Waals surface area contributed by atoms with Gasteiger partial charge in [0.2, 0.25) is 0 Å². The van der Waals surface area contributed by atoms with Crippen molar-refractivity contribution in [3.63, 3.8) is 0 Å². The second-order valence-electron chi connectivity index (χ2n) is 6.56. The summed E-state index contributed by atoms with van der Waals surface area (Å²) in [4.78, 5) is 6.84. The van der Waals surface area contributed by atoms with Crippen molar-refractivity contribution < 1.29 is 4.39 Å². The predicted octanol–water partition coefficient (Wildman–Crippen LogP) is 3.68. The Morgan fingerprint density at radius 3 is 2.57 bits per heavy atom. The van der Waals surface area contributed by atoms with E-state index in [0.29, 0.717) is 0 Å². The quantitative estimate of drug-likeness (QED) is 0.449. The molecule has 2 atom stereocenters. The second kappa shape index (κ2) is 8.85. The van der Waals surface area contributed by atoms with Crippen molar-refractivity contribution >= 4 is 29.9 Å². The Morgan fingerprint density at radius 1 is 1.26 bits per heavy atom. The van der Waals surface area contributed by atoms with E-state index in [1.54, 1.807) is 12.1 Å². The minimum atomic E-state index is -0.162. The van der Waals surface area contributed by atoms with Crippen LogP contribution in [0.25, 0.3) is 0 Å². The second-order valence-corrected chi connectivity index (χ2v) is 6.56. The Morgan fingerprint density at radius 2 is 1.96 bits per heavy atom. The summed E-state index contributed by atoms with van der Waals surface area (Å²) in [5, 5.41) is 3.44. The van der Waals surface area contributed by atoms with Crippen molar-refractivity contribution in [1.29, 1.82) is 0 Å². The first kappa shape index (κ1) is 18.5. The summed E-state index contributed by atoms with van der Waals surface area (Å²) in [6.45, 7) is 3.08. The van der Waals surface area contributed by atoms with Crippen LogP contribution in [-0.4, -0.2) is 37.5 Å². The molecule has 0 aromatic heterocycles. The first-order valence-electron chi connectivity index (χ1n) is 8.46. The number of likely N-dealkylation sites (tertiary alicyclic amines) is 1. The first-order chi connectivity index (χ1) is 10.8. The highest BCUT2D eigenvalue weighted by atomic mass is 127. The Bertz CT molecular complexity index is 521. The lowest BCUT2D eigenvalue weighted by atomic mass is 9.82. The van der Waals surface area contributed by atoms with Gasteiger partial charge in [0, 0.05) is 26.7 Å². The van der Waals surface area contributed by atoms with Crippen LogP contribution >= 0.6 is 24.0 Å². The zero-order valence-electron chi connectivity index (χ0n) is 13.8. The number of halogens is 2. The Kier molecular flexibility index (Phi) is 7.11. The summed E-state index contributed by atoms with van der Waals surface area (Å²) >= 11 is 0. The number of nitrogens with zero attached hydrogens (tertiary/aromatic N) is 2. The van der Waals surface area contributed by atoms with Crippen LogP contribution in [0.3, 0.4) is 0 Å². The van der Waals surface area contributed by atoms with E-state index in [1.165, 1.54) is 31.7 Å². The van der Waals surface area contributed by atoms with Crippen LogP contribution in [0.1, 0.15) is 31.2 Å². The van der Waals surface area contributed by atoms with Crippen LogP contribution in [0, 0.1) is 17.7 Å². The number of hydrogen-bond acceptors (Lipinski definition) is 1. The lowest BCUT2D eigenvalue weighted by Crippen LogP contribution is -2.41. The summed E-state index contributed by atoms with van der Waals surface area (Å²) < 4.78 is 13.2. The van der Waals surface area contributed by atoms with Crippen LogP contribution in [0.2, 0.25) is 0 Å². The average molecular weight is 431 g/mol. The molecule has 1 aromatic carbocycles. The molecule has 1 saturated heterocycles. The summed E-state index contributed by atoms with van der Waals surface area (Å²) in [6, 6.07) is 6.83. The Balaban J connectivity index is 0.00000192. The molecule has 1 N–H and O–H groups in total. The number of guanidine groups is 1. The maximum atomic E-state index is 13.2. The zero-order valence-corrected chi connectivity index (χ0v) is 16.1. The molecule has 0 spiro atoms. The molecule has 2 unspecified atom stereocenters. The smallest absolute Gasteiger partial charge is 0.193 e. The van der Waals surface area contributed by atoms with E-state index in [1.807, 2.05) is 13.1 Å². The van der Waals surface area contributed by atoms with Crippen molar-refractivity contribution in [3.8, 4) is 0 Å². The summed E-state index contributed by atoms with van der Waals surface area (Å²) in [5.74, 6) is 2.56. The van der Waals surface area contributed by atoms with Crippen LogP contribution in [0.4, 0.5) is 4.39 Å². The molecule has 2 aliphatic rings. The highest BCUT2D eigenvalue weighted by molar-refractivity contribution is 14.0. The normalized spacial score (nSPS) is 24.1. The summed E-state index contributed by atoms with van der Waals surface area (Å²) in [6.07, 6.45) is 6.35. The van der Waals surface area contributed by atoms with Crippen molar-refractivity contribution in [1.82, 2.24) is 10.2 Å². The van der Waals surface area contributed by atoms with Gasteiger partial charge in [-0.3, -0.25) is 4.99 Å². The molecular weight excluding hydrogens is 404 g/mol. The standard InChI is InChI=1S/C18H26FN3.HI/c1-20-18(21-10-9-14-5-4-8-17(19)11-14)22-12-15-6-2-3-7-16(15)13-22;/h4-5,8,11,15-16H,2-3,6-7,9-10,12-13H2,1H3,(H,20,21);1H. The molecule has 1 saturated carbocycles. The topological polar surface area (TPSA) is 27.6 Å². The third-order valence-corrected chi connectivity index (χ3v) is 5.07. The van der Waals surface area contributed by atoms with Crippen molar-refractivity contribution in [2.24, 2.45) is 16.8 Å². The zero-order chi connectivity index (χ0) is 15.4. The van der Waals surface area contributed by atoms with E-state index >= 15 is 0 Å². The van der Waals surface area contributed by atoms with Crippen molar-refractivity contribution in [2.45, 2.75) is 32.1 Å². The average Bonchev–Trinajstić information content (AvgIpc) is 2.95. The number of rotatable bonds is 3. The number of hydrogen-bond donors (Lipinski definition) is 1. The van der Waals surface area contributed by atoms with Gasteiger partial charge < -0.3 is 10.2 Å². The third kappa shape index (κ3) is 4.81. The van der Waals surface area contributed by atoms with Crippen molar-refractivity contribution in [3.05, 3.63) is 35.6 Å². The maximum absolute atomic E-state index is 13.2. The number of nitrogens with one attached hydrogen (secondary N) is 1. The van der Waals surface area contributed by atoms with E-state index < -0.39 is 0 Å². The van der Waals surface area contributed by atoms with Gasteiger partial charge in [-0.15, -0.1) is 24.0 Å². The maximum Gasteiger partial charge on any atom is 0.193 e. The Labute approximate surface area is 155 Å².